The molecular formula is C15H16N2O2S. The molecule has 3 rings (SSSR count). The van der Waals surface area contributed by atoms with E-state index in [1.807, 2.05) is 35.7 Å². The smallest absolute Gasteiger partial charge is 0.180 e. The molecule has 1 unspecified atom stereocenters. The van der Waals surface area contributed by atoms with Crippen molar-refractivity contribution in [3.8, 4) is 11.5 Å². The van der Waals surface area contributed by atoms with Crippen LogP contribution in [-0.2, 0) is 0 Å². The van der Waals surface area contributed by atoms with Crippen LogP contribution in [0.25, 0.3) is 12.2 Å². The normalized spacial score (nSPS) is 18.1. The minimum Gasteiger partial charge on any atom is -0.489 e. The third kappa shape index (κ3) is 2.93. The quantitative estimate of drug-likeness (QED) is 0.921. The zero-order valence-corrected chi connectivity index (χ0v) is 12.0. The van der Waals surface area contributed by atoms with Gasteiger partial charge in [-0.15, -0.1) is 11.3 Å². The van der Waals surface area contributed by atoms with Crippen molar-refractivity contribution < 1.29 is 9.47 Å². The maximum absolute atomic E-state index is 5.77. The number of rotatable bonds is 2. The van der Waals surface area contributed by atoms with Gasteiger partial charge in [-0.3, -0.25) is 0 Å². The molecule has 2 heterocycles. The maximum Gasteiger partial charge on any atom is 0.180 e. The molecule has 0 fully saturated rings. The summed E-state index contributed by atoms with van der Waals surface area (Å²) in [5.74, 6) is 2.01. The Labute approximate surface area is 121 Å². The van der Waals surface area contributed by atoms with Crippen LogP contribution in [0.5, 0.6) is 11.5 Å². The number of hydrogen-bond acceptors (Lipinski definition) is 5. The molecule has 1 aromatic carbocycles. The number of aromatic nitrogens is 1. The SMILES string of the molecule is CC1COc2ccc(C=Cc3csc(N)n3)cc2OC1. The van der Waals surface area contributed by atoms with Gasteiger partial charge in [0.2, 0.25) is 0 Å². The van der Waals surface area contributed by atoms with Crippen LogP contribution in [0.15, 0.2) is 23.6 Å². The molecule has 4 nitrogen and oxygen atoms in total. The maximum atomic E-state index is 5.77. The van der Waals surface area contributed by atoms with Gasteiger partial charge >= 0.3 is 0 Å². The van der Waals surface area contributed by atoms with Gasteiger partial charge in [-0.25, -0.2) is 4.98 Å². The predicted octanol–water partition coefficient (Wildman–Crippen LogP) is 3.30. The molecule has 0 aliphatic carbocycles. The topological polar surface area (TPSA) is 57.4 Å². The van der Waals surface area contributed by atoms with E-state index in [1.165, 1.54) is 11.3 Å². The molecule has 1 aromatic heterocycles. The average Bonchev–Trinajstić information content (AvgIpc) is 2.77. The molecule has 0 saturated heterocycles. The van der Waals surface area contributed by atoms with Crippen LogP contribution in [-0.4, -0.2) is 18.2 Å². The second kappa shape index (κ2) is 5.54. The minimum atomic E-state index is 0.402. The summed E-state index contributed by atoms with van der Waals surface area (Å²) in [7, 11) is 0. The van der Waals surface area contributed by atoms with Gasteiger partial charge in [-0.05, 0) is 23.8 Å². The highest BCUT2D eigenvalue weighted by Crippen LogP contribution is 2.31. The first-order chi connectivity index (χ1) is 9.70. The zero-order chi connectivity index (χ0) is 13.9. The molecule has 2 aromatic rings. The summed E-state index contributed by atoms with van der Waals surface area (Å²) < 4.78 is 11.5. The molecule has 0 saturated carbocycles. The molecule has 0 amide bonds. The largest absolute Gasteiger partial charge is 0.489 e. The van der Waals surface area contributed by atoms with Crippen LogP contribution < -0.4 is 15.2 Å². The van der Waals surface area contributed by atoms with Crippen LogP contribution in [0.3, 0.4) is 0 Å². The molecule has 0 bridgehead atoms. The number of benzene rings is 1. The molecule has 104 valence electrons. The number of nitrogen functional groups attached to an aromatic ring is 1. The van der Waals surface area contributed by atoms with E-state index in [0.717, 1.165) is 22.8 Å². The third-order valence-corrected chi connectivity index (χ3v) is 3.69. The molecule has 1 aliphatic rings. The Balaban J connectivity index is 1.80. The Kier molecular flexibility index (Phi) is 3.60. The predicted molar refractivity (Wildman–Crippen MR) is 82.1 cm³/mol. The Morgan fingerprint density at radius 1 is 1.25 bits per heavy atom. The van der Waals surface area contributed by atoms with Gasteiger partial charge in [0.05, 0.1) is 18.9 Å². The fourth-order valence-corrected chi connectivity index (χ4v) is 2.46. The first kappa shape index (κ1) is 13.0. The van der Waals surface area contributed by atoms with Crippen molar-refractivity contribution in [3.05, 3.63) is 34.8 Å². The lowest BCUT2D eigenvalue weighted by atomic mass is 10.2. The van der Waals surface area contributed by atoms with E-state index in [1.54, 1.807) is 0 Å². The van der Waals surface area contributed by atoms with Crippen LogP contribution >= 0.6 is 11.3 Å². The van der Waals surface area contributed by atoms with E-state index in [-0.39, 0.29) is 0 Å². The van der Waals surface area contributed by atoms with Crippen molar-refractivity contribution in [1.82, 2.24) is 4.98 Å². The van der Waals surface area contributed by atoms with Gasteiger partial charge in [0, 0.05) is 11.3 Å². The Bertz CT molecular complexity index is 637. The van der Waals surface area contributed by atoms with Gasteiger partial charge in [0.25, 0.3) is 0 Å². The standard InChI is InChI=1S/C15H16N2O2S/c1-10-7-18-13-5-3-11(6-14(13)19-8-10)2-4-12-9-20-15(16)17-12/h2-6,9-10H,7-8H2,1H3,(H2,16,17). The lowest BCUT2D eigenvalue weighted by Gasteiger charge is -2.07. The van der Waals surface area contributed by atoms with E-state index in [4.69, 9.17) is 15.2 Å². The number of thiazole rings is 1. The van der Waals surface area contributed by atoms with Crippen molar-refractivity contribution in [2.24, 2.45) is 5.92 Å². The van der Waals surface area contributed by atoms with Crippen LogP contribution in [0.2, 0.25) is 0 Å². The van der Waals surface area contributed by atoms with Crippen molar-refractivity contribution >= 4 is 28.6 Å². The van der Waals surface area contributed by atoms with Gasteiger partial charge in [-0.2, -0.15) is 0 Å². The van der Waals surface area contributed by atoms with Crippen molar-refractivity contribution in [2.45, 2.75) is 6.92 Å². The first-order valence-electron chi connectivity index (χ1n) is 6.49. The van der Waals surface area contributed by atoms with Crippen molar-refractivity contribution in [2.75, 3.05) is 18.9 Å². The van der Waals surface area contributed by atoms with Crippen molar-refractivity contribution in [1.29, 1.82) is 0 Å². The fourth-order valence-electron chi connectivity index (χ4n) is 1.93. The second-order valence-corrected chi connectivity index (χ2v) is 5.77. The van der Waals surface area contributed by atoms with Gasteiger partial charge < -0.3 is 15.2 Å². The monoisotopic (exact) mass is 288 g/mol. The summed E-state index contributed by atoms with van der Waals surface area (Å²) in [6.45, 7) is 3.49. The molecule has 5 heteroatoms. The molecular weight excluding hydrogens is 272 g/mol. The summed E-state index contributed by atoms with van der Waals surface area (Å²) in [6, 6.07) is 5.94. The Morgan fingerprint density at radius 2 is 2.05 bits per heavy atom. The van der Waals surface area contributed by atoms with Crippen LogP contribution in [0.4, 0.5) is 5.13 Å². The molecule has 1 atom stereocenters. The summed E-state index contributed by atoms with van der Waals surface area (Å²) >= 11 is 1.44. The lowest BCUT2D eigenvalue weighted by Crippen LogP contribution is -2.12. The molecule has 20 heavy (non-hydrogen) atoms. The summed E-state index contributed by atoms with van der Waals surface area (Å²) in [5.41, 5.74) is 7.52. The van der Waals surface area contributed by atoms with Crippen molar-refractivity contribution in [3.63, 3.8) is 0 Å². The first-order valence-corrected chi connectivity index (χ1v) is 7.37. The number of hydrogen-bond donors (Lipinski definition) is 1. The Hall–Kier alpha value is -2.01. The van der Waals surface area contributed by atoms with E-state index in [9.17, 15) is 0 Å². The highest BCUT2D eigenvalue weighted by atomic mass is 32.1. The third-order valence-electron chi connectivity index (χ3n) is 3.00. The van der Waals surface area contributed by atoms with Gasteiger partial charge in [0.1, 0.15) is 0 Å². The van der Waals surface area contributed by atoms with E-state index in [0.29, 0.717) is 24.3 Å². The zero-order valence-electron chi connectivity index (χ0n) is 11.2. The highest BCUT2D eigenvalue weighted by Gasteiger charge is 2.14. The second-order valence-electron chi connectivity index (χ2n) is 4.88. The lowest BCUT2D eigenvalue weighted by molar-refractivity contribution is 0.228. The molecule has 0 radical (unpaired) electrons. The number of nitrogens with zero attached hydrogens (tertiary/aromatic N) is 1. The Morgan fingerprint density at radius 3 is 2.80 bits per heavy atom. The van der Waals surface area contributed by atoms with E-state index in [2.05, 4.69) is 11.9 Å². The summed E-state index contributed by atoms with van der Waals surface area (Å²) in [4.78, 5) is 4.19. The van der Waals surface area contributed by atoms with Gasteiger partial charge in [0.15, 0.2) is 16.6 Å². The number of nitrogens with two attached hydrogens (primary N) is 1. The molecule has 0 spiro atoms. The fraction of sp³-hybridized carbons (Fsp3) is 0.267. The van der Waals surface area contributed by atoms with Crippen LogP contribution in [0.1, 0.15) is 18.2 Å². The van der Waals surface area contributed by atoms with Crippen LogP contribution in [0, 0.1) is 5.92 Å². The molecule has 1 aliphatic heterocycles. The van der Waals surface area contributed by atoms with E-state index >= 15 is 0 Å². The highest BCUT2D eigenvalue weighted by molar-refractivity contribution is 7.13. The molecule has 2 N–H and O–H groups in total. The van der Waals surface area contributed by atoms with Gasteiger partial charge in [-0.1, -0.05) is 19.1 Å². The summed E-state index contributed by atoms with van der Waals surface area (Å²) in [5, 5.41) is 2.51. The number of anilines is 1. The summed E-state index contributed by atoms with van der Waals surface area (Å²) in [6.07, 6.45) is 3.93. The minimum absolute atomic E-state index is 0.402. The average molecular weight is 288 g/mol. The number of fused-ring (bicyclic) bond motifs is 1. The number of ether oxygens (including phenoxy) is 2. The van der Waals surface area contributed by atoms with E-state index < -0.39 is 0 Å².